The number of nitrogens with zero attached hydrogens (tertiary/aromatic N) is 1. The molecule has 4 heteroatoms. The van der Waals surface area contributed by atoms with Crippen LogP contribution in [-0.2, 0) is 0 Å². The van der Waals surface area contributed by atoms with Crippen molar-refractivity contribution in [3.05, 3.63) is 23.8 Å². The van der Waals surface area contributed by atoms with Gasteiger partial charge in [-0.1, -0.05) is 13.0 Å². The molecule has 1 atom stereocenters. The normalized spacial score (nSPS) is 23.9. The van der Waals surface area contributed by atoms with Crippen LogP contribution in [0.15, 0.2) is 18.2 Å². The summed E-state index contributed by atoms with van der Waals surface area (Å²) in [6.07, 6.45) is 0. The molecule has 1 N–H and O–H groups in total. The zero-order chi connectivity index (χ0) is 11.7. The predicted molar refractivity (Wildman–Crippen MR) is 65.4 cm³/mol. The van der Waals surface area contributed by atoms with Crippen molar-refractivity contribution < 1.29 is 9.47 Å². The molecule has 92 valence electrons. The molecule has 0 aromatic heterocycles. The third-order valence-corrected chi connectivity index (χ3v) is 3.54. The Morgan fingerprint density at radius 1 is 1.35 bits per heavy atom. The molecule has 0 spiro atoms. The van der Waals surface area contributed by atoms with Gasteiger partial charge in [-0.25, -0.2) is 0 Å². The van der Waals surface area contributed by atoms with E-state index in [0.29, 0.717) is 12.8 Å². The maximum Gasteiger partial charge on any atom is 0.231 e. The predicted octanol–water partition coefficient (Wildman–Crippen LogP) is 1.38. The van der Waals surface area contributed by atoms with E-state index in [2.05, 4.69) is 29.3 Å². The summed E-state index contributed by atoms with van der Waals surface area (Å²) in [5.41, 5.74) is 1.31. The zero-order valence-electron chi connectivity index (χ0n) is 10.1. The Kier molecular flexibility index (Phi) is 2.91. The Hall–Kier alpha value is -1.26. The second kappa shape index (κ2) is 4.55. The lowest BCUT2D eigenvalue weighted by molar-refractivity contribution is 0.169. The molecule has 1 unspecified atom stereocenters. The lowest BCUT2D eigenvalue weighted by Gasteiger charge is -2.35. The van der Waals surface area contributed by atoms with E-state index in [9.17, 15) is 0 Å². The zero-order valence-corrected chi connectivity index (χ0v) is 10.1. The lowest BCUT2D eigenvalue weighted by atomic mass is 10.0. The lowest BCUT2D eigenvalue weighted by Crippen LogP contribution is -2.45. The van der Waals surface area contributed by atoms with Crippen LogP contribution in [0.5, 0.6) is 11.5 Å². The summed E-state index contributed by atoms with van der Waals surface area (Å²) < 4.78 is 10.8. The fourth-order valence-electron chi connectivity index (χ4n) is 2.57. The van der Waals surface area contributed by atoms with Crippen LogP contribution in [0.2, 0.25) is 0 Å². The van der Waals surface area contributed by atoms with E-state index < -0.39 is 0 Å². The first kappa shape index (κ1) is 10.9. The minimum absolute atomic E-state index is 0.346. The summed E-state index contributed by atoms with van der Waals surface area (Å²) in [5, 5.41) is 3.45. The van der Waals surface area contributed by atoms with Crippen LogP contribution >= 0.6 is 0 Å². The van der Waals surface area contributed by atoms with Crippen LogP contribution in [0.1, 0.15) is 18.5 Å². The van der Waals surface area contributed by atoms with Gasteiger partial charge in [0.25, 0.3) is 0 Å². The molecule has 0 aliphatic carbocycles. The van der Waals surface area contributed by atoms with E-state index in [1.807, 2.05) is 6.07 Å². The maximum atomic E-state index is 5.44. The summed E-state index contributed by atoms with van der Waals surface area (Å²) in [6.45, 7) is 6.84. The molecule has 1 aromatic rings. The van der Waals surface area contributed by atoms with Crippen LogP contribution in [0.4, 0.5) is 0 Å². The third-order valence-electron chi connectivity index (χ3n) is 3.54. The van der Waals surface area contributed by atoms with E-state index in [-0.39, 0.29) is 0 Å². The van der Waals surface area contributed by atoms with E-state index in [4.69, 9.17) is 9.47 Å². The first-order chi connectivity index (χ1) is 8.38. The third kappa shape index (κ3) is 1.98. The standard InChI is InChI=1S/C13H18N2O2/c1-2-15-6-5-14-8-11(15)10-3-4-12-13(7-10)17-9-16-12/h3-4,7,11,14H,2,5-6,8-9H2,1H3. The van der Waals surface area contributed by atoms with Gasteiger partial charge < -0.3 is 14.8 Å². The second-order valence-electron chi connectivity index (χ2n) is 4.46. The van der Waals surface area contributed by atoms with Crippen molar-refractivity contribution in [2.75, 3.05) is 33.0 Å². The van der Waals surface area contributed by atoms with Gasteiger partial charge in [0.15, 0.2) is 11.5 Å². The molecule has 4 nitrogen and oxygen atoms in total. The van der Waals surface area contributed by atoms with E-state index in [1.165, 1.54) is 5.56 Å². The highest BCUT2D eigenvalue weighted by atomic mass is 16.7. The highest BCUT2D eigenvalue weighted by Crippen LogP contribution is 2.35. The van der Waals surface area contributed by atoms with Crippen molar-refractivity contribution in [3.63, 3.8) is 0 Å². The van der Waals surface area contributed by atoms with Gasteiger partial charge in [-0.2, -0.15) is 0 Å². The molecule has 3 rings (SSSR count). The van der Waals surface area contributed by atoms with Crippen LogP contribution in [0.3, 0.4) is 0 Å². The summed E-state index contributed by atoms with van der Waals surface area (Å²) >= 11 is 0. The minimum Gasteiger partial charge on any atom is -0.454 e. The molecule has 2 aliphatic heterocycles. The number of nitrogens with one attached hydrogen (secondary N) is 1. The summed E-state index contributed by atoms with van der Waals surface area (Å²) in [5.74, 6) is 1.74. The SMILES string of the molecule is CCN1CCNCC1c1ccc2c(c1)OCO2. The molecular formula is C13H18N2O2. The number of ether oxygens (including phenoxy) is 2. The average Bonchev–Trinajstić information content (AvgIpc) is 2.85. The number of benzene rings is 1. The number of hydrogen-bond donors (Lipinski definition) is 1. The molecule has 2 aliphatic rings. The maximum absolute atomic E-state index is 5.44. The smallest absolute Gasteiger partial charge is 0.231 e. The summed E-state index contributed by atoms with van der Waals surface area (Å²) in [4.78, 5) is 2.49. The van der Waals surface area contributed by atoms with Crippen LogP contribution in [0.25, 0.3) is 0 Å². The van der Waals surface area contributed by atoms with Gasteiger partial charge in [-0.3, -0.25) is 4.90 Å². The Morgan fingerprint density at radius 2 is 2.24 bits per heavy atom. The monoisotopic (exact) mass is 234 g/mol. The van der Waals surface area contributed by atoms with Gasteiger partial charge in [0, 0.05) is 25.7 Å². The van der Waals surface area contributed by atoms with Gasteiger partial charge in [-0.05, 0) is 24.2 Å². The summed E-state index contributed by atoms with van der Waals surface area (Å²) in [7, 11) is 0. The van der Waals surface area contributed by atoms with Crippen LogP contribution < -0.4 is 14.8 Å². The van der Waals surface area contributed by atoms with E-state index in [1.54, 1.807) is 0 Å². The number of piperazine rings is 1. The van der Waals surface area contributed by atoms with E-state index >= 15 is 0 Å². The van der Waals surface area contributed by atoms with Crippen molar-refractivity contribution in [1.82, 2.24) is 10.2 Å². The van der Waals surface area contributed by atoms with Gasteiger partial charge >= 0.3 is 0 Å². The molecule has 1 fully saturated rings. The number of rotatable bonds is 2. The molecular weight excluding hydrogens is 216 g/mol. The molecule has 0 radical (unpaired) electrons. The van der Waals surface area contributed by atoms with Crippen molar-refractivity contribution in [2.24, 2.45) is 0 Å². The molecule has 2 heterocycles. The highest BCUT2D eigenvalue weighted by Gasteiger charge is 2.24. The molecule has 0 saturated carbocycles. The Balaban J connectivity index is 1.87. The fourth-order valence-corrected chi connectivity index (χ4v) is 2.57. The van der Waals surface area contributed by atoms with Gasteiger partial charge in [0.05, 0.1) is 0 Å². The molecule has 1 saturated heterocycles. The fraction of sp³-hybridized carbons (Fsp3) is 0.538. The minimum atomic E-state index is 0.346. The summed E-state index contributed by atoms with van der Waals surface area (Å²) in [6, 6.07) is 6.72. The van der Waals surface area contributed by atoms with Gasteiger partial charge in [-0.15, -0.1) is 0 Å². The quantitative estimate of drug-likeness (QED) is 0.838. The molecule has 17 heavy (non-hydrogen) atoms. The topological polar surface area (TPSA) is 33.7 Å². The van der Waals surface area contributed by atoms with Crippen molar-refractivity contribution in [3.8, 4) is 11.5 Å². The number of likely N-dealkylation sites (N-methyl/N-ethyl adjacent to an activating group) is 1. The van der Waals surface area contributed by atoms with Gasteiger partial charge in [0.2, 0.25) is 6.79 Å². The average molecular weight is 234 g/mol. The Labute approximate surface area is 102 Å². The van der Waals surface area contributed by atoms with Crippen molar-refractivity contribution in [1.29, 1.82) is 0 Å². The van der Waals surface area contributed by atoms with Crippen LogP contribution in [-0.4, -0.2) is 37.9 Å². The molecule has 1 aromatic carbocycles. The Morgan fingerprint density at radius 3 is 3.12 bits per heavy atom. The first-order valence-corrected chi connectivity index (χ1v) is 6.23. The molecule has 0 bridgehead atoms. The Bertz CT molecular complexity index is 408. The molecule has 0 amide bonds. The van der Waals surface area contributed by atoms with Crippen LogP contribution in [0, 0.1) is 0 Å². The number of hydrogen-bond acceptors (Lipinski definition) is 4. The highest BCUT2D eigenvalue weighted by molar-refractivity contribution is 5.45. The first-order valence-electron chi connectivity index (χ1n) is 6.23. The van der Waals surface area contributed by atoms with E-state index in [0.717, 1.165) is 37.7 Å². The van der Waals surface area contributed by atoms with Gasteiger partial charge in [0.1, 0.15) is 0 Å². The number of fused-ring (bicyclic) bond motifs is 1. The second-order valence-corrected chi connectivity index (χ2v) is 4.46. The van der Waals surface area contributed by atoms with Crippen molar-refractivity contribution >= 4 is 0 Å². The van der Waals surface area contributed by atoms with Crippen molar-refractivity contribution in [2.45, 2.75) is 13.0 Å². The largest absolute Gasteiger partial charge is 0.454 e.